The topological polar surface area (TPSA) is 45.7 Å². The van der Waals surface area contributed by atoms with E-state index in [1.807, 2.05) is 7.05 Å². The molecule has 0 radical (unpaired) electrons. The molecule has 4 nitrogen and oxygen atoms in total. The normalized spacial score (nSPS) is 26.8. The third kappa shape index (κ3) is 5.87. The highest BCUT2D eigenvalue weighted by Gasteiger charge is 2.35. The van der Waals surface area contributed by atoms with Crippen molar-refractivity contribution >= 4 is 29.9 Å². The van der Waals surface area contributed by atoms with E-state index in [4.69, 9.17) is 4.74 Å². The average Bonchev–Trinajstić information content (AvgIpc) is 2.40. The minimum absolute atomic E-state index is 0. The Morgan fingerprint density at radius 2 is 1.77 bits per heavy atom. The maximum Gasteiger partial charge on any atom is 0.190 e. The van der Waals surface area contributed by atoms with Crippen LogP contribution in [-0.2, 0) is 4.74 Å². The summed E-state index contributed by atoms with van der Waals surface area (Å²) < 4.78 is 6.05. The SMILES string of the molecule is CN=C(NCC1CCC1)NCC1CCCOC1C(C)(C)C.I. The van der Waals surface area contributed by atoms with E-state index in [2.05, 4.69) is 36.4 Å². The standard InChI is InChI=1S/C17H33N3O.HI/c1-17(2,3)15-14(9-6-10-21-15)12-20-16(18-4)19-11-13-7-5-8-13;/h13-15H,5-12H2,1-4H3,(H2,18,19,20);1H. The zero-order valence-corrected chi connectivity index (χ0v) is 17.0. The van der Waals surface area contributed by atoms with E-state index in [0.717, 1.165) is 31.6 Å². The minimum atomic E-state index is 0. The van der Waals surface area contributed by atoms with Gasteiger partial charge in [-0.2, -0.15) is 0 Å². The van der Waals surface area contributed by atoms with Gasteiger partial charge in [-0.3, -0.25) is 4.99 Å². The Labute approximate surface area is 153 Å². The second-order valence-corrected chi connectivity index (χ2v) is 7.69. The molecular formula is C17H34IN3O. The molecule has 2 unspecified atom stereocenters. The number of halogens is 1. The molecule has 1 saturated heterocycles. The summed E-state index contributed by atoms with van der Waals surface area (Å²) >= 11 is 0. The smallest absolute Gasteiger partial charge is 0.190 e. The molecule has 1 saturated carbocycles. The van der Waals surface area contributed by atoms with Crippen molar-refractivity contribution in [2.75, 3.05) is 26.7 Å². The third-order valence-corrected chi connectivity index (χ3v) is 4.84. The van der Waals surface area contributed by atoms with Gasteiger partial charge in [-0.15, -0.1) is 24.0 Å². The summed E-state index contributed by atoms with van der Waals surface area (Å²) in [7, 11) is 1.86. The van der Waals surface area contributed by atoms with Gasteiger partial charge < -0.3 is 15.4 Å². The molecule has 0 aromatic carbocycles. The molecule has 1 aliphatic heterocycles. The largest absolute Gasteiger partial charge is 0.377 e. The van der Waals surface area contributed by atoms with E-state index in [-0.39, 0.29) is 29.4 Å². The van der Waals surface area contributed by atoms with Crippen molar-refractivity contribution in [2.24, 2.45) is 22.2 Å². The van der Waals surface area contributed by atoms with Crippen molar-refractivity contribution in [2.45, 2.75) is 59.0 Å². The summed E-state index contributed by atoms with van der Waals surface area (Å²) in [6, 6.07) is 0. The maximum atomic E-state index is 6.05. The number of hydrogen-bond acceptors (Lipinski definition) is 2. The van der Waals surface area contributed by atoms with Crippen LogP contribution in [0.1, 0.15) is 52.9 Å². The third-order valence-electron chi connectivity index (χ3n) is 4.84. The molecule has 2 N–H and O–H groups in total. The van der Waals surface area contributed by atoms with Gasteiger partial charge in [0.15, 0.2) is 5.96 Å². The molecule has 22 heavy (non-hydrogen) atoms. The molecule has 2 aliphatic rings. The van der Waals surface area contributed by atoms with Crippen molar-refractivity contribution in [1.29, 1.82) is 0 Å². The summed E-state index contributed by atoms with van der Waals surface area (Å²) in [5.41, 5.74) is 0.204. The number of aliphatic imine (C=N–C) groups is 1. The number of nitrogens with one attached hydrogen (secondary N) is 2. The molecule has 130 valence electrons. The van der Waals surface area contributed by atoms with Gasteiger partial charge in [0.25, 0.3) is 0 Å². The first-order valence-electron chi connectivity index (χ1n) is 8.57. The van der Waals surface area contributed by atoms with Crippen LogP contribution in [0.4, 0.5) is 0 Å². The van der Waals surface area contributed by atoms with E-state index >= 15 is 0 Å². The predicted molar refractivity (Wildman–Crippen MR) is 104 cm³/mol. The first-order chi connectivity index (χ1) is 10.0. The van der Waals surface area contributed by atoms with Crippen LogP contribution < -0.4 is 10.6 Å². The van der Waals surface area contributed by atoms with Gasteiger partial charge >= 0.3 is 0 Å². The number of nitrogens with zero attached hydrogens (tertiary/aromatic N) is 1. The van der Waals surface area contributed by atoms with Crippen molar-refractivity contribution in [3.8, 4) is 0 Å². The van der Waals surface area contributed by atoms with Crippen molar-refractivity contribution in [3.63, 3.8) is 0 Å². The minimum Gasteiger partial charge on any atom is -0.377 e. The molecule has 2 rings (SSSR count). The highest BCUT2D eigenvalue weighted by Crippen LogP contribution is 2.33. The van der Waals surface area contributed by atoms with Gasteiger partial charge in [0.1, 0.15) is 0 Å². The Hall–Kier alpha value is -0.0400. The molecular weight excluding hydrogens is 389 g/mol. The molecule has 0 spiro atoms. The summed E-state index contributed by atoms with van der Waals surface area (Å²) in [5, 5.41) is 6.97. The van der Waals surface area contributed by atoms with E-state index in [1.165, 1.54) is 32.1 Å². The van der Waals surface area contributed by atoms with E-state index in [0.29, 0.717) is 12.0 Å². The second kappa shape index (κ2) is 9.30. The quantitative estimate of drug-likeness (QED) is 0.414. The molecule has 0 amide bonds. The lowest BCUT2D eigenvalue weighted by Crippen LogP contribution is -2.48. The molecule has 0 bridgehead atoms. The van der Waals surface area contributed by atoms with Crippen molar-refractivity contribution in [1.82, 2.24) is 10.6 Å². The Kier molecular flexibility index (Phi) is 8.46. The second-order valence-electron chi connectivity index (χ2n) is 7.69. The van der Waals surface area contributed by atoms with Crippen LogP contribution in [0.3, 0.4) is 0 Å². The highest BCUT2D eigenvalue weighted by atomic mass is 127. The Balaban J connectivity index is 0.00000242. The predicted octanol–water partition coefficient (Wildman–Crippen LogP) is 3.41. The Morgan fingerprint density at radius 3 is 2.32 bits per heavy atom. The molecule has 2 fully saturated rings. The van der Waals surface area contributed by atoms with E-state index in [1.54, 1.807) is 0 Å². The first-order valence-corrected chi connectivity index (χ1v) is 8.57. The first kappa shape index (κ1) is 20.0. The number of guanidine groups is 1. The number of hydrogen-bond donors (Lipinski definition) is 2. The van der Waals surface area contributed by atoms with Crippen LogP contribution in [0.25, 0.3) is 0 Å². The lowest BCUT2D eigenvalue weighted by atomic mass is 9.78. The van der Waals surface area contributed by atoms with E-state index in [9.17, 15) is 0 Å². The molecule has 5 heteroatoms. The number of rotatable bonds is 4. The van der Waals surface area contributed by atoms with Crippen LogP contribution in [0.15, 0.2) is 4.99 Å². The van der Waals surface area contributed by atoms with Crippen LogP contribution in [0.5, 0.6) is 0 Å². The molecule has 0 aromatic rings. The summed E-state index contributed by atoms with van der Waals surface area (Å²) in [4.78, 5) is 4.34. The van der Waals surface area contributed by atoms with Gasteiger partial charge in [0, 0.05) is 32.7 Å². The zero-order chi connectivity index (χ0) is 15.3. The van der Waals surface area contributed by atoms with Crippen LogP contribution in [0, 0.1) is 17.3 Å². The lowest BCUT2D eigenvalue weighted by Gasteiger charge is -2.40. The van der Waals surface area contributed by atoms with Crippen LogP contribution in [0.2, 0.25) is 0 Å². The lowest BCUT2D eigenvalue weighted by molar-refractivity contribution is -0.0835. The monoisotopic (exact) mass is 423 g/mol. The van der Waals surface area contributed by atoms with Gasteiger partial charge in [-0.05, 0) is 37.0 Å². The van der Waals surface area contributed by atoms with E-state index < -0.39 is 0 Å². The van der Waals surface area contributed by atoms with Crippen molar-refractivity contribution in [3.05, 3.63) is 0 Å². The van der Waals surface area contributed by atoms with Crippen molar-refractivity contribution < 1.29 is 4.74 Å². The summed E-state index contributed by atoms with van der Waals surface area (Å²) in [6.45, 7) is 9.75. The molecule has 2 atom stereocenters. The fourth-order valence-electron chi connectivity index (χ4n) is 3.40. The molecule has 1 heterocycles. The fourth-order valence-corrected chi connectivity index (χ4v) is 3.40. The van der Waals surface area contributed by atoms with Gasteiger partial charge in [0.05, 0.1) is 6.10 Å². The van der Waals surface area contributed by atoms with Gasteiger partial charge in [0.2, 0.25) is 0 Å². The summed E-state index contributed by atoms with van der Waals surface area (Å²) in [6.07, 6.45) is 6.88. The average molecular weight is 423 g/mol. The molecule has 0 aromatic heterocycles. The van der Waals surface area contributed by atoms with Crippen LogP contribution >= 0.6 is 24.0 Å². The maximum absolute atomic E-state index is 6.05. The highest BCUT2D eigenvalue weighted by molar-refractivity contribution is 14.0. The van der Waals surface area contributed by atoms with Gasteiger partial charge in [-0.25, -0.2) is 0 Å². The number of ether oxygens (including phenoxy) is 1. The van der Waals surface area contributed by atoms with Crippen LogP contribution in [-0.4, -0.2) is 38.8 Å². The Bertz CT molecular complexity index is 350. The summed E-state index contributed by atoms with van der Waals surface area (Å²) in [5.74, 6) is 2.37. The zero-order valence-electron chi connectivity index (χ0n) is 14.7. The Morgan fingerprint density at radius 1 is 1.09 bits per heavy atom. The molecule has 1 aliphatic carbocycles. The van der Waals surface area contributed by atoms with Gasteiger partial charge in [-0.1, -0.05) is 27.2 Å². The fraction of sp³-hybridized carbons (Fsp3) is 0.941.